The summed E-state index contributed by atoms with van der Waals surface area (Å²) in [7, 11) is 1.84. The van der Waals surface area contributed by atoms with Crippen LogP contribution in [0.2, 0.25) is 0 Å². The molecule has 0 bridgehead atoms. The van der Waals surface area contributed by atoms with Crippen molar-refractivity contribution in [2.45, 2.75) is 26.9 Å². The molecule has 0 atom stereocenters. The third-order valence-corrected chi connectivity index (χ3v) is 5.82. The van der Waals surface area contributed by atoms with E-state index in [0.29, 0.717) is 18.7 Å². The van der Waals surface area contributed by atoms with Crippen molar-refractivity contribution in [1.82, 2.24) is 19.7 Å². The van der Waals surface area contributed by atoms with Gasteiger partial charge in [-0.3, -0.25) is 4.79 Å². The molecule has 1 aromatic carbocycles. The van der Waals surface area contributed by atoms with Crippen LogP contribution in [0.25, 0.3) is 21.6 Å². The van der Waals surface area contributed by atoms with Gasteiger partial charge in [0.15, 0.2) is 5.65 Å². The maximum absolute atomic E-state index is 13.4. The van der Waals surface area contributed by atoms with E-state index < -0.39 is 0 Å². The molecule has 0 radical (unpaired) electrons. The van der Waals surface area contributed by atoms with E-state index in [1.165, 1.54) is 5.56 Å². The number of amides is 1. The van der Waals surface area contributed by atoms with Gasteiger partial charge in [-0.2, -0.15) is 5.10 Å². The van der Waals surface area contributed by atoms with E-state index in [4.69, 9.17) is 4.98 Å². The number of aryl methyl sites for hydroxylation is 2. The van der Waals surface area contributed by atoms with Crippen molar-refractivity contribution >= 4 is 28.3 Å². The summed E-state index contributed by atoms with van der Waals surface area (Å²) in [6.07, 6.45) is 1.75. The molecule has 0 aliphatic heterocycles. The first-order chi connectivity index (χ1) is 13.6. The molecule has 6 heteroatoms. The third kappa shape index (κ3) is 3.31. The van der Waals surface area contributed by atoms with Crippen LogP contribution < -0.4 is 0 Å². The third-order valence-electron chi connectivity index (χ3n) is 4.93. The van der Waals surface area contributed by atoms with Crippen LogP contribution in [-0.2, 0) is 13.1 Å². The zero-order valence-electron chi connectivity index (χ0n) is 16.2. The number of carbonyl (C=O) groups is 1. The van der Waals surface area contributed by atoms with Gasteiger partial charge in [0.2, 0.25) is 0 Å². The van der Waals surface area contributed by atoms with Crippen LogP contribution in [0.5, 0.6) is 0 Å². The Morgan fingerprint density at radius 1 is 1.21 bits per heavy atom. The number of pyridine rings is 1. The number of hydrogen-bond acceptors (Lipinski definition) is 4. The molecule has 142 valence electrons. The van der Waals surface area contributed by atoms with Crippen LogP contribution >= 0.6 is 11.3 Å². The Bertz CT molecular complexity index is 1130. The SMILES string of the molecule is CCn1ncc2c(C(=O)N(C)Cc3ccccc3C)cc(-c3cccs3)nc21. The van der Waals surface area contributed by atoms with Gasteiger partial charge in [0.25, 0.3) is 5.91 Å². The van der Waals surface area contributed by atoms with Gasteiger partial charge in [-0.15, -0.1) is 11.3 Å². The molecule has 0 aliphatic rings. The Labute approximate surface area is 168 Å². The van der Waals surface area contributed by atoms with Gasteiger partial charge in [0.1, 0.15) is 0 Å². The fourth-order valence-electron chi connectivity index (χ4n) is 3.33. The number of nitrogens with zero attached hydrogens (tertiary/aromatic N) is 4. The largest absolute Gasteiger partial charge is 0.337 e. The molecule has 4 aromatic rings. The van der Waals surface area contributed by atoms with Crippen molar-refractivity contribution in [3.63, 3.8) is 0 Å². The molecule has 3 heterocycles. The highest BCUT2D eigenvalue weighted by atomic mass is 32.1. The smallest absolute Gasteiger partial charge is 0.254 e. The molecule has 0 unspecified atom stereocenters. The number of benzene rings is 1. The number of thiophene rings is 1. The van der Waals surface area contributed by atoms with Crippen molar-refractivity contribution in [1.29, 1.82) is 0 Å². The predicted molar refractivity (Wildman–Crippen MR) is 113 cm³/mol. The van der Waals surface area contributed by atoms with Crippen LogP contribution in [0.15, 0.2) is 54.0 Å². The molecule has 0 saturated heterocycles. The molecule has 0 fully saturated rings. The summed E-state index contributed by atoms with van der Waals surface area (Å²) < 4.78 is 1.84. The summed E-state index contributed by atoms with van der Waals surface area (Å²) in [4.78, 5) is 21.0. The second kappa shape index (κ2) is 7.56. The summed E-state index contributed by atoms with van der Waals surface area (Å²) in [6, 6.07) is 14.1. The van der Waals surface area contributed by atoms with Gasteiger partial charge >= 0.3 is 0 Å². The maximum atomic E-state index is 13.4. The molecule has 5 nitrogen and oxygen atoms in total. The molecule has 28 heavy (non-hydrogen) atoms. The molecular weight excluding hydrogens is 368 g/mol. The number of aromatic nitrogens is 3. The number of carbonyl (C=O) groups excluding carboxylic acids is 1. The highest BCUT2D eigenvalue weighted by Crippen LogP contribution is 2.28. The van der Waals surface area contributed by atoms with E-state index in [2.05, 4.69) is 24.2 Å². The van der Waals surface area contributed by atoms with Crippen molar-refractivity contribution < 1.29 is 4.79 Å². The van der Waals surface area contributed by atoms with Crippen LogP contribution in [0.4, 0.5) is 0 Å². The fraction of sp³-hybridized carbons (Fsp3) is 0.227. The topological polar surface area (TPSA) is 51.0 Å². The van der Waals surface area contributed by atoms with Crippen molar-refractivity contribution in [2.24, 2.45) is 0 Å². The molecule has 0 spiro atoms. The first-order valence-electron chi connectivity index (χ1n) is 9.29. The van der Waals surface area contributed by atoms with E-state index in [9.17, 15) is 4.79 Å². The Kier molecular flexibility index (Phi) is 4.96. The fourth-order valence-corrected chi connectivity index (χ4v) is 4.01. The Balaban J connectivity index is 1.77. The normalized spacial score (nSPS) is 11.1. The standard InChI is InChI=1S/C22H22N4OS/c1-4-26-21-18(13-23-26)17(12-19(24-21)20-10-7-11-28-20)22(27)25(3)14-16-9-6-5-8-15(16)2/h5-13H,4,14H2,1-3H3. The van der Waals surface area contributed by atoms with E-state index in [1.807, 2.05) is 54.4 Å². The van der Waals surface area contributed by atoms with Crippen molar-refractivity contribution in [3.05, 3.63) is 70.7 Å². The molecule has 0 saturated carbocycles. The van der Waals surface area contributed by atoms with Crippen molar-refractivity contribution in [2.75, 3.05) is 7.05 Å². The summed E-state index contributed by atoms with van der Waals surface area (Å²) in [6.45, 7) is 5.36. The van der Waals surface area contributed by atoms with Gasteiger partial charge in [-0.25, -0.2) is 9.67 Å². The van der Waals surface area contributed by atoms with E-state index in [-0.39, 0.29) is 5.91 Å². The van der Waals surface area contributed by atoms with Crippen molar-refractivity contribution in [3.8, 4) is 10.6 Å². The average Bonchev–Trinajstić information content (AvgIpc) is 3.38. The van der Waals surface area contributed by atoms with E-state index in [1.54, 1.807) is 22.4 Å². The Hall–Kier alpha value is -2.99. The summed E-state index contributed by atoms with van der Waals surface area (Å²) in [5.74, 6) is -0.0240. The first-order valence-corrected chi connectivity index (χ1v) is 10.2. The summed E-state index contributed by atoms with van der Waals surface area (Å²) in [5.41, 5.74) is 4.53. The zero-order chi connectivity index (χ0) is 19.7. The summed E-state index contributed by atoms with van der Waals surface area (Å²) >= 11 is 1.62. The van der Waals surface area contributed by atoms with E-state index >= 15 is 0 Å². The van der Waals surface area contributed by atoms with Crippen LogP contribution in [0.1, 0.15) is 28.4 Å². The first kappa shape index (κ1) is 18.4. The van der Waals surface area contributed by atoms with E-state index in [0.717, 1.165) is 27.2 Å². The van der Waals surface area contributed by atoms with Crippen LogP contribution in [-0.4, -0.2) is 32.6 Å². The molecule has 4 rings (SSSR count). The van der Waals surface area contributed by atoms with Gasteiger partial charge in [-0.1, -0.05) is 30.3 Å². The lowest BCUT2D eigenvalue weighted by Gasteiger charge is -2.19. The monoisotopic (exact) mass is 390 g/mol. The molecule has 0 aliphatic carbocycles. The molecule has 3 aromatic heterocycles. The summed E-state index contributed by atoms with van der Waals surface area (Å²) in [5, 5.41) is 7.24. The Morgan fingerprint density at radius 2 is 2.04 bits per heavy atom. The van der Waals surface area contributed by atoms with Gasteiger partial charge in [0, 0.05) is 20.1 Å². The van der Waals surface area contributed by atoms with Crippen LogP contribution in [0.3, 0.4) is 0 Å². The maximum Gasteiger partial charge on any atom is 0.254 e. The lowest BCUT2D eigenvalue weighted by molar-refractivity contribution is 0.0787. The predicted octanol–water partition coefficient (Wildman–Crippen LogP) is 4.76. The van der Waals surface area contributed by atoms with Gasteiger partial charge < -0.3 is 4.90 Å². The average molecular weight is 391 g/mol. The minimum absolute atomic E-state index is 0.0240. The quantitative estimate of drug-likeness (QED) is 0.494. The molecule has 0 N–H and O–H groups in total. The zero-order valence-corrected chi connectivity index (χ0v) is 17.0. The highest BCUT2D eigenvalue weighted by molar-refractivity contribution is 7.13. The highest BCUT2D eigenvalue weighted by Gasteiger charge is 2.20. The minimum Gasteiger partial charge on any atom is -0.337 e. The van der Waals surface area contributed by atoms with Crippen LogP contribution in [0, 0.1) is 6.92 Å². The van der Waals surface area contributed by atoms with Gasteiger partial charge in [0.05, 0.1) is 27.7 Å². The lowest BCUT2D eigenvalue weighted by Crippen LogP contribution is -2.26. The number of rotatable bonds is 5. The molecule has 1 amide bonds. The number of fused-ring (bicyclic) bond motifs is 1. The minimum atomic E-state index is -0.0240. The lowest BCUT2D eigenvalue weighted by atomic mass is 10.1. The molecular formula is C22H22N4OS. The number of hydrogen-bond donors (Lipinski definition) is 0. The second-order valence-corrected chi connectivity index (χ2v) is 7.77. The van der Waals surface area contributed by atoms with Gasteiger partial charge in [-0.05, 0) is 42.5 Å². The Morgan fingerprint density at radius 3 is 2.75 bits per heavy atom. The second-order valence-electron chi connectivity index (χ2n) is 6.82.